The van der Waals surface area contributed by atoms with Crippen LogP contribution in [-0.4, -0.2) is 33.0 Å². The molecule has 1 aromatic rings. The quantitative estimate of drug-likeness (QED) is 0.757. The third-order valence-corrected chi connectivity index (χ3v) is 5.14. The second kappa shape index (κ2) is 4.07. The predicted octanol–water partition coefficient (Wildman–Crippen LogP) is 1.60. The van der Waals surface area contributed by atoms with Gasteiger partial charge in [0.25, 0.3) is 0 Å². The predicted molar refractivity (Wildman–Crippen MR) is 65.5 cm³/mol. The average Bonchev–Trinajstić information content (AvgIpc) is 2.52. The molecule has 1 atom stereocenters. The van der Waals surface area contributed by atoms with E-state index >= 15 is 0 Å². The molecule has 1 aromatic carbocycles. The zero-order chi connectivity index (χ0) is 11.0. The van der Waals surface area contributed by atoms with E-state index in [0.717, 1.165) is 5.75 Å². The van der Waals surface area contributed by atoms with Crippen LogP contribution in [0.25, 0.3) is 0 Å². The minimum absolute atomic E-state index is 0.565. The van der Waals surface area contributed by atoms with Gasteiger partial charge in [-0.1, -0.05) is 0 Å². The first-order valence-electron chi connectivity index (χ1n) is 5.26. The Labute approximate surface area is 97.8 Å². The molecule has 0 bridgehead atoms. The van der Waals surface area contributed by atoms with E-state index in [1.165, 1.54) is 10.1 Å². The SMILES string of the molecule is COc1ccc2c(c1)N(C(C)C)C(C)[Se]2. The molecule has 0 radical (unpaired) electrons. The Balaban J connectivity index is 2.41. The second-order valence-corrected chi connectivity index (χ2v) is 6.90. The van der Waals surface area contributed by atoms with Crippen LogP contribution in [-0.2, 0) is 0 Å². The number of hydrogen-bond acceptors (Lipinski definition) is 2. The number of methoxy groups -OCH3 is 1. The van der Waals surface area contributed by atoms with Gasteiger partial charge in [0.15, 0.2) is 0 Å². The van der Waals surface area contributed by atoms with Crippen molar-refractivity contribution >= 4 is 25.1 Å². The Kier molecular flexibility index (Phi) is 2.94. The van der Waals surface area contributed by atoms with E-state index < -0.39 is 0 Å². The fourth-order valence-corrected chi connectivity index (χ4v) is 4.72. The summed E-state index contributed by atoms with van der Waals surface area (Å²) in [5.41, 5.74) is 1.37. The summed E-state index contributed by atoms with van der Waals surface area (Å²) in [5, 5.41) is 0. The third kappa shape index (κ3) is 1.86. The zero-order valence-electron chi connectivity index (χ0n) is 9.65. The Bertz CT molecular complexity index is 365. The molecular formula is C12H17NOSe. The summed E-state index contributed by atoms with van der Waals surface area (Å²) in [4.78, 5) is 3.16. The van der Waals surface area contributed by atoms with E-state index in [4.69, 9.17) is 4.74 Å². The van der Waals surface area contributed by atoms with Gasteiger partial charge in [0, 0.05) is 0 Å². The molecule has 2 nitrogen and oxygen atoms in total. The van der Waals surface area contributed by atoms with Gasteiger partial charge in [-0.2, -0.15) is 0 Å². The van der Waals surface area contributed by atoms with Gasteiger partial charge in [-0.3, -0.25) is 0 Å². The van der Waals surface area contributed by atoms with E-state index in [-0.39, 0.29) is 0 Å². The minimum atomic E-state index is 0.565. The summed E-state index contributed by atoms with van der Waals surface area (Å²) in [6.07, 6.45) is 0. The first-order chi connectivity index (χ1) is 7.13. The molecule has 0 fully saturated rings. The Hall–Kier alpha value is -0.661. The summed E-state index contributed by atoms with van der Waals surface area (Å²) in [5.74, 6) is 0.962. The first kappa shape index (κ1) is 10.8. The molecule has 0 saturated heterocycles. The monoisotopic (exact) mass is 271 g/mol. The van der Waals surface area contributed by atoms with Crippen LogP contribution < -0.4 is 14.1 Å². The Morgan fingerprint density at radius 1 is 1.40 bits per heavy atom. The van der Waals surface area contributed by atoms with Gasteiger partial charge in [-0.25, -0.2) is 0 Å². The van der Waals surface area contributed by atoms with Crippen molar-refractivity contribution in [3.8, 4) is 5.75 Å². The third-order valence-electron chi connectivity index (χ3n) is 2.69. The van der Waals surface area contributed by atoms with Gasteiger partial charge >= 0.3 is 97.6 Å². The van der Waals surface area contributed by atoms with Gasteiger partial charge in [-0.05, 0) is 0 Å². The van der Waals surface area contributed by atoms with Crippen LogP contribution in [0.2, 0.25) is 0 Å². The molecule has 0 amide bonds. The molecule has 1 heterocycles. The number of nitrogens with zero attached hydrogens (tertiary/aromatic N) is 1. The topological polar surface area (TPSA) is 12.5 Å². The van der Waals surface area contributed by atoms with Gasteiger partial charge in [0.05, 0.1) is 0 Å². The molecule has 0 aliphatic carbocycles. The number of ether oxygens (including phenoxy) is 1. The van der Waals surface area contributed by atoms with Crippen molar-refractivity contribution < 1.29 is 4.74 Å². The molecule has 0 N–H and O–H groups in total. The van der Waals surface area contributed by atoms with Crippen LogP contribution in [0.5, 0.6) is 5.75 Å². The van der Waals surface area contributed by atoms with Crippen molar-refractivity contribution in [1.29, 1.82) is 0 Å². The Morgan fingerprint density at radius 3 is 2.73 bits per heavy atom. The standard InChI is InChI=1S/C12H17NOSe/c1-8(2)13-9(3)15-12-6-5-10(14-4)7-11(12)13/h5-9H,1-4H3. The van der Waals surface area contributed by atoms with Crippen LogP contribution in [0.1, 0.15) is 20.8 Å². The molecule has 1 aliphatic heterocycles. The number of fused-ring (bicyclic) bond motifs is 1. The van der Waals surface area contributed by atoms with Gasteiger partial charge in [-0.15, -0.1) is 0 Å². The van der Waals surface area contributed by atoms with Crippen LogP contribution in [0, 0.1) is 0 Å². The van der Waals surface area contributed by atoms with E-state index in [1.54, 1.807) is 7.11 Å². The molecule has 1 aliphatic rings. The van der Waals surface area contributed by atoms with E-state index in [1.807, 2.05) is 0 Å². The molecule has 2 rings (SSSR count). The maximum absolute atomic E-state index is 5.28. The van der Waals surface area contributed by atoms with Crippen molar-refractivity contribution in [1.82, 2.24) is 0 Å². The van der Waals surface area contributed by atoms with Crippen molar-refractivity contribution in [3.05, 3.63) is 18.2 Å². The summed E-state index contributed by atoms with van der Waals surface area (Å²) >= 11 is 0.575. The second-order valence-electron chi connectivity index (χ2n) is 4.05. The van der Waals surface area contributed by atoms with Crippen molar-refractivity contribution in [2.45, 2.75) is 31.8 Å². The number of hydrogen-bond donors (Lipinski definition) is 0. The van der Waals surface area contributed by atoms with Crippen LogP contribution >= 0.6 is 0 Å². The van der Waals surface area contributed by atoms with E-state index in [2.05, 4.69) is 43.9 Å². The van der Waals surface area contributed by atoms with Crippen molar-refractivity contribution in [2.75, 3.05) is 12.0 Å². The first-order valence-corrected chi connectivity index (χ1v) is 7.11. The molecule has 1 unspecified atom stereocenters. The van der Waals surface area contributed by atoms with Crippen LogP contribution in [0.3, 0.4) is 0 Å². The van der Waals surface area contributed by atoms with E-state index in [9.17, 15) is 0 Å². The molecular weight excluding hydrogens is 253 g/mol. The Morgan fingerprint density at radius 2 is 2.13 bits per heavy atom. The zero-order valence-corrected chi connectivity index (χ0v) is 11.4. The van der Waals surface area contributed by atoms with Gasteiger partial charge in [0.2, 0.25) is 0 Å². The van der Waals surface area contributed by atoms with Gasteiger partial charge < -0.3 is 0 Å². The summed E-state index contributed by atoms with van der Waals surface area (Å²) < 4.78 is 6.79. The maximum atomic E-state index is 5.28. The van der Waals surface area contributed by atoms with E-state index in [0.29, 0.717) is 25.9 Å². The van der Waals surface area contributed by atoms with Gasteiger partial charge in [0.1, 0.15) is 0 Å². The summed E-state index contributed by atoms with van der Waals surface area (Å²) in [6.45, 7) is 6.81. The van der Waals surface area contributed by atoms with Crippen LogP contribution in [0.15, 0.2) is 18.2 Å². The molecule has 0 saturated carbocycles. The number of anilines is 1. The number of benzene rings is 1. The normalized spacial score (nSPS) is 19.5. The number of rotatable bonds is 2. The average molecular weight is 270 g/mol. The molecule has 0 spiro atoms. The molecule has 15 heavy (non-hydrogen) atoms. The summed E-state index contributed by atoms with van der Waals surface area (Å²) in [6, 6.07) is 7.01. The molecule has 3 heteroatoms. The van der Waals surface area contributed by atoms with Crippen LogP contribution in [0.4, 0.5) is 5.69 Å². The molecule has 82 valence electrons. The fraction of sp³-hybridized carbons (Fsp3) is 0.500. The summed E-state index contributed by atoms with van der Waals surface area (Å²) in [7, 11) is 1.73. The molecule has 0 aromatic heterocycles. The fourth-order valence-electron chi connectivity index (χ4n) is 2.06. The van der Waals surface area contributed by atoms with Crippen molar-refractivity contribution in [2.24, 2.45) is 0 Å². The van der Waals surface area contributed by atoms with Crippen molar-refractivity contribution in [3.63, 3.8) is 0 Å².